The SMILES string of the molecule is CC(N)=C(NC(=O)OC(c1ccccc1)C(F)(F)F)C(=O)c1ccc(C#N)cc1. The molecule has 2 rings (SSSR count). The van der Waals surface area contributed by atoms with E-state index in [2.05, 4.69) is 4.74 Å². The van der Waals surface area contributed by atoms with Crippen LogP contribution in [0.25, 0.3) is 0 Å². The fourth-order valence-electron chi connectivity index (χ4n) is 2.37. The molecule has 0 aliphatic heterocycles. The zero-order valence-corrected chi connectivity index (χ0v) is 15.2. The van der Waals surface area contributed by atoms with Crippen LogP contribution in [-0.2, 0) is 4.74 Å². The van der Waals surface area contributed by atoms with E-state index in [0.29, 0.717) is 5.56 Å². The Balaban J connectivity index is 2.21. The third-order valence-corrected chi connectivity index (χ3v) is 3.75. The molecule has 0 heterocycles. The van der Waals surface area contributed by atoms with Crippen molar-refractivity contribution in [1.82, 2.24) is 5.32 Å². The number of hydrogen-bond donors (Lipinski definition) is 2. The van der Waals surface area contributed by atoms with Gasteiger partial charge in [0.25, 0.3) is 0 Å². The van der Waals surface area contributed by atoms with Crippen LogP contribution >= 0.6 is 0 Å². The van der Waals surface area contributed by atoms with E-state index in [1.54, 1.807) is 0 Å². The lowest BCUT2D eigenvalue weighted by Crippen LogP contribution is -2.35. The van der Waals surface area contributed by atoms with Crippen LogP contribution in [-0.4, -0.2) is 18.1 Å². The predicted molar refractivity (Wildman–Crippen MR) is 97.2 cm³/mol. The Morgan fingerprint density at radius 3 is 2.17 bits per heavy atom. The van der Waals surface area contributed by atoms with Crippen molar-refractivity contribution in [2.75, 3.05) is 0 Å². The molecule has 0 aliphatic rings. The Kier molecular flexibility index (Phi) is 6.62. The summed E-state index contributed by atoms with van der Waals surface area (Å²) in [6, 6.07) is 13.9. The smallest absolute Gasteiger partial charge is 0.429 e. The third-order valence-electron chi connectivity index (χ3n) is 3.75. The highest BCUT2D eigenvalue weighted by atomic mass is 19.4. The maximum Gasteiger partial charge on any atom is 0.429 e. The van der Waals surface area contributed by atoms with Crippen LogP contribution in [0.15, 0.2) is 66.0 Å². The monoisotopic (exact) mass is 403 g/mol. The Labute approximate surface area is 164 Å². The molecule has 0 fully saturated rings. The van der Waals surface area contributed by atoms with E-state index in [0.717, 1.165) is 12.1 Å². The summed E-state index contributed by atoms with van der Waals surface area (Å²) in [5.41, 5.74) is 5.19. The van der Waals surface area contributed by atoms with Crippen molar-refractivity contribution in [3.63, 3.8) is 0 Å². The van der Waals surface area contributed by atoms with Gasteiger partial charge in [0.2, 0.25) is 11.9 Å². The second-order valence-electron chi connectivity index (χ2n) is 5.94. The quantitative estimate of drug-likeness (QED) is 0.581. The van der Waals surface area contributed by atoms with Gasteiger partial charge in [-0.1, -0.05) is 30.3 Å². The van der Waals surface area contributed by atoms with Gasteiger partial charge in [0, 0.05) is 16.8 Å². The first-order chi connectivity index (χ1) is 13.6. The number of nitriles is 1. The average molecular weight is 403 g/mol. The maximum atomic E-state index is 13.3. The van der Waals surface area contributed by atoms with Crippen LogP contribution in [0.2, 0.25) is 0 Å². The Morgan fingerprint density at radius 1 is 1.10 bits per heavy atom. The number of nitrogens with two attached hydrogens (primary N) is 1. The summed E-state index contributed by atoms with van der Waals surface area (Å²) in [6.45, 7) is 1.30. The molecule has 3 N–H and O–H groups in total. The van der Waals surface area contributed by atoms with E-state index in [9.17, 15) is 22.8 Å². The number of alkyl carbamates (subject to hydrolysis) is 1. The lowest BCUT2D eigenvalue weighted by Gasteiger charge is -2.21. The predicted octanol–water partition coefficient (Wildman–Crippen LogP) is 3.96. The molecule has 0 aliphatic carbocycles. The topological polar surface area (TPSA) is 105 Å². The zero-order chi connectivity index (χ0) is 21.6. The van der Waals surface area contributed by atoms with Gasteiger partial charge in [-0.05, 0) is 31.2 Å². The lowest BCUT2D eigenvalue weighted by molar-refractivity contribution is -0.206. The molecule has 2 aromatic carbocycles. The molecule has 9 heteroatoms. The van der Waals surface area contributed by atoms with E-state index in [1.807, 2.05) is 11.4 Å². The van der Waals surface area contributed by atoms with Gasteiger partial charge < -0.3 is 10.5 Å². The number of alkyl halides is 3. The van der Waals surface area contributed by atoms with Crippen molar-refractivity contribution >= 4 is 11.9 Å². The van der Waals surface area contributed by atoms with Gasteiger partial charge >= 0.3 is 12.3 Å². The minimum atomic E-state index is -4.86. The van der Waals surface area contributed by atoms with E-state index in [1.165, 1.54) is 49.4 Å². The highest BCUT2D eigenvalue weighted by Crippen LogP contribution is 2.35. The zero-order valence-electron chi connectivity index (χ0n) is 15.2. The van der Waals surface area contributed by atoms with E-state index in [4.69, 9.17) is 11.0 Å². The molecule has 0 saturated heterocycles. The summed E-state index contributed by atoms with van der Waals surface area (Å²) in [7, 11) is 0. The minimum absolute atomic E-state index is 0.0829. The molecule has 0 saturated carbocycles. The maximum absolute atomic E-state index is 13.3. The first-order valence-electron chi connectivity index (χ1n) is 8.24. The van der Waals surface area contributed by atoms with E-state index < -0.39 is 29.9 Å². The largest absolute Gasteiger partial charge is 0.431 e. The molecular weight excluding hydrogens is 387 g/mol. The van der Waals surface area contributed by atoms with Crippen LogP contribution in [0.3, 0.4) is 0 Å². The van der Waals surface area contributed by atoms with Crippen molar-refractivity contribution in [3.8, 4) is 6.07 Å². The third kappa shape index (κ3) is 5.59. The first kappa shape index (κ1) is 21.5. The molecule has 150 valence electrons. The number of amides is 1. The molecule has 0 spiro atoms. The molecule has 2 aromatic rings. The Morgan fingerprint density at radius 2 is 1.69 bits per heavy atom. The molecule has 0 bridgehead atoms. The van der Waals surface area contributed by atoms with Crippen molar-refractivity contribution in [3.05, 3.63) is 82.7 Å². The fourth-order valence-corrected chi connectivity index (χ4v) is 2.37. The molecule has 1 unspecified atom stereocenters. The average Bonchev–Trinajstić information content (AvgIpc) is 2.69. The minimum Gasteiger partial charge on any atom is -0.431 e. The highest BCUT2D eigenvalue weighted by molar-refractivity contribution is 6.10. The van der Waals surface area contributed by atoms with Gasteiger partial charge in [-0.25, -0.2) is 4.79 Å². The number of carbonyl (C=O) groups excluding carboxylic acids is 2. The molecule has 6 nitrogen and oxygen atoms in total. The van der Waals surface area contributed by atoms with Gasteiger partial charge in [0.15, 0.2) is 0 Å². The first-order valence-corrected chi connectivity index (χ1v) is 8.24. The number of carbonyl (C=O) groups is 2. The lowest BCUT2D eigenvalue weighted by atomic mass is 10.1. The molecular formula is C20H16F3N3O3. The fraction of sp³-hybridized carbons (Fsp3) is 0.150. The van der Waals surface area contributed by atoms with Gasteiger partial charge in [0.1, 0.15) is 5.70 Å². The molecule has 1 amide bonds. The van der Waals surface area contributed by atoms with Crippen LogP contribution in [0.4, 0.5) is 18.0 Å². The number of halogens is 3. The highest BCUT2D eigenvalue weighted by Gasteiger charge is 2.44. The second-order valence-corrected chi connectivity index (χ2v) is 5.94. The Hall–Kier alpha value is -3.80. The second kappa shape index (κ2) is 8.93. The molecule has 0 aromatic heterocycles. The standard InChI is InChI=1S/C20H16F3N3O3/c1-12(25)16(17(27)14-9-7-13(11-24)8-10-14)26-19(28)29-18(20(21,22)23)15-5-3-2-4-6-15/h2-10,18H,25H2,1H3,(H,26,28). The number of Topliss-reactive ketones (excluding diaryl/α,β-unsaturated/α-hetero) is 1. The van der Waals surface area contributed by atoms with Gasteiger partial charge in [0.05, 0.1) is 11.6 Å². The summed E-state index contributed by atoms with van der Waals surface area (Å²) in [5.74, 6) is -0.741. The molecule has 0 radical (unpaired) electrons. The molecule has 1 atom stereocenters. The van der Waals surface area contributed by atoms with E-state index in [-0.39, 0.29) is 16.8 Å². The number of nitrogens with zero attached hydrogens (tertiary/aromatic N) is 1. The summed E-state index contributed by atoms with van der Waals surface area (Å²) < 4.78 is 44.5. The molecule has 29 heavy (non-hydrogen) atoms. The normalized spacial score (nSPS) is 12.9. The van der Waals surface area contributed by atoms with Crippen LogP contribution in [0.5, 0.6) is 0 Å². The van der Waals surface area contributed by atoms with E-state index >= 15 is 0 Å². The van der Waals surface area contributed by atoms with Gasteiger partial charge in [-0.15, -0.1) is 0 Å². The van der Waals surface area contributed by atoms with Gasteiger partial charge in [-0.2, -0.15) is 18.4 Å². The number of ketones is 1. The van der Waals surface area contributed by atoms with Crippen LogP contribution in [0.1, 0.15) is 34.5 Å². The van der Waals surface area contributed by atoms with Crippen LogP contribution < -0.4 is 11.1 Å². The number of nitrogens with one attached hydrogen (secondary N) is 1. The van der Waals surface area contributed by atoms with Crippen molar-refractivity contribution in [2.45, 2.75) is 19.2 Å². The number of ether oxygens (including phenoxy) is 1. The van der Waals surface area contributed by atoms with Crippen LogP contribution in [0, 0.1) is 11.3 Å². The van der Waals surface area contributed by atoms with Gasteiger partial charge in [-0.3, -0.25) is 10.1 Å². The number of benzene rings is 2. The number of hydrogen-bond acceptors (Lipinski definition) is 5. The summed E-state index contributed by atoms with van der Waals surface area (Å²) in [5, 5.41) is 10.8. The van der Waals surface area contributed by atoms with Crippen molar-refractivity contribution < 1.29 is 27.5 Å². The summed E-state index contributed by atoms with van der Waals surface area (Å²) in [4.78, 5) is 24.7. The number of allylic oxidation sites excluding steroid dienone is 2. The van der Waals surface area contributed by atoms with Crippen molar-refractivity contribution in [2.24, 2.45) is 5.73 Å². The summed E-state index contributed by atoms with van der Waals surface area (Å²) in [6.07, 6.45) is -8.87. The summed E-state index contributed by atoms with van der Waals surface area (Å²) >= 11 is 0. The Bertz CT molecular complexity index is 958. The van der Waals surface area contributed by atoms with Crippen molar-refractivity contribution in [1.29, 1.82) is 5.26 Å². The number of rotatable bonds is 5.